The molecule has 0 aliphatic carbocycles. The fraction of sp³-hybridized carbons (Fsp3) is 0.250. The first-order valence-corrected chi connectivity index (χ1v) is 3.95. The molecule has 0 radical (unpaired) electrons. The lowest BCUT2D eigenvalue weighted by Gasteiger charge is -2.22. The number of rotatable bonds is 0. The highest BCUT2D eigenvalue weighted by atomic mass is 15.0. The standard InChI is InChI=1S/C8H12N4/c9-5-1-2-6(10)8-7(5)11-3-4-12-8/h1-2,11-12H,3-4,9-10H2. The largest absolute Gasteiger partial charge is 0.397 e. The molecule has 64 valence electrons. The van der Waals surface area contributed by atoms with E-state index in [1.165, 1.54) is 0 Å². The van der Waals surface area contributed by atoms with Gasteiger partial charge in [-0.2, -0.15) is 0 Å². The van der Waals surface area contributed by atoms with E-state index in [2.05, 4.69) is 10.6 Å². The van der Waals surface area contributed by atoms with Crippen molar-refractivity contribution in [2.45, 2.75) is 0 Å². The van der Waals surface area contributed by atoms with Gasteiger partial charge in [-0.1, -0.05) is 0 Å². The summed E-state index contributed by atoms with van der Waals surface area (Å²) >= 11 is 0. The van der Waals surface area contributed by atoms with Crippen molar-refractivity contribution in [3.05, 3.63) is 12.1 Å². The summed E-state index contributed by atoms with van der Waals surface area (Å²) in [4.78, 5) is 0. The van der Waals surface area contributed by atoms with Crippen LogP contribution in [0.3, 0.4) is 0 Å². The molecule has 6 N–H and O–H groups in total. The van der Waals surface area contributed by atoms with E-state index in [1.807, 2.05) is 12.1 Å². The van der Waals surface area contributed by atoms with Gasteiger partial charge in [-0.05, 0) is 12.1 Å². The van der Waals surface area contributed by atoms with Crippen molar-refractivity contribution < 1.29 is 0 Å². The average Bonchev–Trinajstić information content (AvgIpc) is 2.12. The number of nitrogen functional groups attached to an aromatic ring is 2. The van der Waals surface area contributed by atoms with Gasteiger partial charge < -0.3 is 22.1 Å². The average molecular weight is 164 g/mol. The third-order valence-corrected chi connectivity index (χ3v) is 2.00. The number of hydrogen-bond donors (Lipinski definition) is 4. The predicted molar refractivity (Wildman–Crippen MR) is 52.2 cm³/mol. The van der Waals surface area contributed by atoms with Gasteiger partial charge in [0.2, 0.25) is 0 Å². The first-order valence-electron chi connectivity index (χ1n) is 3.95. The molecule has 0 unspecified atom stereocenters. The molecule has 1 heterocycles. The van der Waals surface area contributed by atoms with Crippen LogP contribution in [0.5, 0.6) is 0 Å². The summed E-state index contributed by atoms with van der Waals surface area (Å²) in [6.07, 6.45) is 0. The molecule has 0 amide bonds. The van der Waals surface area contributed by atoms with E-state index in [9.17, 15) is 0 Å². The van der Waals surface area contributed by atoms with E-state index in [0.717, 1.165) is 35.8 Å². The van der Waals surface area contributed by atoms with Crippen LogP contribution >= 0.6 is 0 Å². The van der Waals surface area contributed by atoms with E-state index in [-0.39, 0.29) is 0 Å². The van der Waals surface area contributed by atoms with Crippen LogP contribution in [0.4, 0.5) is 22.7 Å². The van der Waals surface area contributed by atoms with Gasteiger partial charge in [0.05, 0.1) is 22.7 Å². The molecule has 1 aliphatic rings. The summed E-state index contributed by atoms with van der Waals surface area (Å²) in [5.41, 5.74) is 14.9. The fourth-order valence-corrected chi connectivity index (χ4v) is 1.39. The van der Waals surface area contributed by atoms with Gasteiger partial charge in [0.1, 0.15) is 0 Å². The van der Waals surface area contributed by atoms with Gasteiger partial charge in [0.25, 0.3) is 0 Å². The van der Waals surface area contributed by atoms with Crippen LogP contribution in [0, 0.1) is 0 Å². The molecule has 2 rings (SSSR count). The predicted octanol–water partition coefficient (Wildman–Crippen LogP) is 0.688. The van der Waals surface area contributed by atoms with Crippen LogP contribution in [-0.4, -0.2) is 13.1 Å². The quantitative estimate of drug-likeness (QED) is 0.425. The number of nitrogens with two attached hydrogens (primary N) is 2. The molecule has 0 saturated heterocycles. The lowest BCUT2D eigenvalue weighted by molar-refractivity contribution is 1.05. The molecule has 0 saturated carbocycles. The Labute approximate surface area is 70.9 Å². The van der Waals surface area contributed by atoms with Crippen LogP contribution in [0.1, 0.15) is 0 Å². The van der Waals surface area contributed by atoms with Crippen LogP contribution in [0.15, 0.2) is 12.1 Å². The van der Waals surface area contributed by atoms with Crippen molar-refractivity contribution in [1.82, 2.24) is 0 Å². The van der Waals surface area contributed by atoms with Gasteiger partial charge >= 0.3 is 0 Å². The Balaban J connectivity index is 2.57. The second-order valence-electron chi connectivity index (χ2n) is 2.85. The molecule has 4 heteroatoms. The fourth-order valence-electron chi connectivity index (χ4n) is 1.39. The summed E-state index contributed by atoms with van der Waals surface area (Å²) in [5, 5.41) is 6.41. The minimum absolute atomic E-state index is 0.742. The van der Waals surface area contributed by atoms with Crippen LogP contribution in [-0.2, 0) is 0 Å². The van der Waals surface area contributed by atoms with Gasteiger partial charge in [-0.3, -0.25) is 0 Å². The zero-order valence-electron chi connectivity index (χ0n) is 6.72. The van der Waals surface area contributed by atoms with Gasteiger partial charge in [0, 0.05) is 13.1 Å². The summed E-state index contributed by atoms with van der Waals surface area (Å²) in [5.74, 6) is 0. The second kappa shape index (κ2) is 2.48. The normalized spacial score (nSPS) is 14.3. The first-order chi connectivity index (χ1) is 5.79. The minimum atomic E-state index is 0.742. The Morgan fingerprint density at radius 3 is 1.75 bits per heavy atom. The maximum absolute atomic E-state index is 5.75. The molecule has 0 atom stereocenters. The summed E-state index contributed by atoms with van der Waals surface area (Å²) in [6, 6.07) is 3.63. The third kappa shape index (κ3) is 0.922. The topological polar surface area (TPSA) is 76.1 Å². The zero-order valence-corrected chi connectivity index (χ0v) is 6.72. The van der Waals surface area contributed by atoms with Crippen molar-refractivity contribution in [2.24, 2.45) is 0 Å². The Morgan fingerprint density at radius 2 is 1.33 bits per heavy atom. The zero-order chi connectivity index (χ0) is 8.55. The van der Waals surface area contributed by atoms with E-state index in [4.69, 9.17) is 11.5 Å². The van der Waals surface area contributed by atoms with E-state index in [0.29, 0.717) is 0 Å². The molecule has 0 bridgehead atoms. The molecule has 4 nitrogen and oxygen atoms in total. The van der Waals surface area contributed by atoms with Crippen LogP contribution < -0.4 is 22.1 Å². The van der Waals surface area contributed by atoms with Crippen LogP contribution in [0.25, 0.3) is 0 Å². The van der Waals surface area contributed by atoms with E-state index >= 15 is 0 Å². The molecule has 1 aliphatic heterocycles. The van der Waals surface area contributed by atoms with Crippen molar-refractivity contribution in [3.8, 4) is 0 Å². The summed E-state index contributed by atoms with van der Waals surface area (Å²) in [7, 11) is 0. The number of benzene rings is 1. The second-order valence-corrected chi connectivity index (χ2v) is 2.85. The monoisotopic (exact) mass is 164 g/mol. The Bertz CT molecular complexity index is 277. The Hall–Kier alpha value is -1.58. The lowest BCUT2D eigenvalue weighted by Crippen LogP contribution is -2.22. The maximum Gasteiger partial charge on any atom is 0.0831 e. The van der Waals surface area contributed by atoms with Gasteiger partial charge in [-0.15, -0.1) is 0 Å². The molecular formula is C8H12N4. The van der Waals surface area contributed by atoms with Gasteiger partial charge in [-0.25, -0.2) is 0 Å². The number of nitrogens with one attached hydrogen (secondary N) is 2. The highest BCUT2D eigenvalue weighted by Crippen LogP contribution is 2.35. The third-order valence-electron chi connectivity index (χ3n) is 2.00. The maximum atomic E-state index is 5.75. The van der Waals surface area contributed by atoms with Crippen molar-refractivity contribution in [2.75, 3.05) is 35.2 Å². The summed E-state index contributed by atoms with van der Waals surface area (Å²) in [6.45, 7) is 1.78. The van der Waals surface area contributed by atoms with Crippen molar-refractivity contribution in [3.63, 3.8) is 0 Å². The highest BCUT2D eigenvalue weighted by molar-refractivity contribution is 5.90. The molecule has 12 heavy (non-hydrogen) atoms. The van der Waals surface area contributed by atoms with Gasteiger partial charge in [0.15, 0.2) is 0 Å². The van der Waals surface area contributed by atoms with E-state index < -0.39 is 0 Å². The minimum Gasteiger partial charge on any atom is -0.397 e. The molecule has 1 aromatic rings. The number of anilines is 4. The van der Waals surface area contributed by atoms with E-state index in [1.54, 1.807) is 0 Å². The highest BCUT2D eigenvalue weighted by Gasteiger charge is 2.12. The van der Waals surface area contributed by atoms with Crippen LogP contribution in [0.2, 0.25) is 0 Å². The summed E-state index contributed by atoms with van der Waals surface area (Å²) < 4.78 is 0. The smallest absolute Gasteiger partial charge is 0.0831 e. The number of fused-ring (bicyclic) bond motifs is 1. The molecule has 0 spiro atoms. The first kappa shape index (κ1) is 7.09. The molecule has 1 aromatic carbocycles. The molecule has 0 fully saturated rings. The molecule has 0 aromatic heterocycles. The lowest BCUT2D eigenvalue weighted by atomic mass is 10.1. The molecular weight excluding hydrogens is 152 g/mol. The number of hydrogen-bond acceptors (Lipinski definition) is 4. The SMILES string of the molecule is Nc1ccc(N)c2c1NCCN2. The Kier molecular flexibility index (Phi) is 1.46. The Morgan fingerprint density at radius 1 is 0.917 bits per heavy atom. The van der Waals surface area contributed by atoms with Crippen molar-refractivity contribution in [1.29, 1.82) is 0 Å². The van der Waals surface area contributed by atoms with Crippen molar-refractivity contribution >= 4 is 22.7 Å².